The Morgan fingerprint density at radius 2 is 1.65 bits per heavy atom. The van der Waals surface area contributed by atoms with Gasteiger partial charge in [0.25, 0.3) is 0 Å². The highest BCUT2D eigenvalue weighted by atomic mass is 32.2. The van der Waals surface area contributed by atoms with Crippen molar-refractivity contribution in [3.8, 4) is 21.8 Å². The van der Waals surface area contributed by atoms with Crippen molar-refractivity contribution >= 4 is 44.5 Å². The summed E-state index contributed by atoms with van der Waals surface area (Å²) >= 11 is 1.34. The molecule has 0 aliphatic heterocycles. The van der Waals surface area contributed by atoms with Crippen LogP contribution < -0.4 is 16.4 Å². The van der Waals surface area contributed by atoms with Crippen LogP contribution in [-0.2, 0) is 15.3 Å². The fraction of sp³-hybridized carbons (Fsp3) is 0.200. The molecule has 0 saturated carbocycles. The molecule has 4 N–H and O–H groups in total. The minimum atomic E-state index is -3.35. The lowest BCUT2D eigenvalue weighted by atomic mass is 9.98. The zero-order chi connectivity index (χ0) is 27.0. The van der Waals surface area contributed by atoms with Crippen molar-refractivity contribution in [3.63, 3.8) is 0 Å². The number of thiazole rings is 1. The van der Waals surface area contributed by atoms with Crippen LogP contribution >= 0.6 is 11.3 Å². The van der Waals surface area contributed by atoms with Gasteiger partial charge < -0.3 is 16.4 Å². The molecule has 2 aromatic heterocycles. The van der Waals surface area contributed by atoms with Gasteiger partial charge in [0.2, 0.25) is 5.95 Å². The number of amides is 2. The van der Waals surface area contributed by atoms with E-state index in [1.165, 1.54) is 60.0 Å². The molecule has 192 valence electrons. The molecule has 4 rings (SSSR count). The first kappa shape index (κ1) is 26.2. The first-order valence-corrected chi connectivity index (χ1v) is 13.8. The molecule has 2 amide bonds. The molecule has 0 spiro atoms. The number of nitrogen functional groups attached to an aromatic ring is 1. The predicted molar refractivity (Wildman–Crippen MR) is 144 cm³/mol. The van der Waals surface area contributed by atoms with E-state index in [4.69, 9.17) is 10.7 Å². The summed E-state index contributed by atoms with van der Waals surface area (Å²) in [6.07, 6.45) is 2.62. The van der Waals surface area contributed by atoms with Crippen molar-refractivity contribution in [3.05, 3.63) is 65.6 Å². The largest absolute Gasteiger partial charge is 0.368 e. The quantitative estimate of drug-likeness (QED) is 0.311. The molecule has 0 radical (unpaired) electrons. The molecule has 2 aromatic carbocycles. The Morgan fingerprint density at radius 1 is 1.00 bits per heavy atom. The van der Waals surface area contributed by atoms with E-state index in [2.05, 4.69) is 20.6 Å². The number of nitrogens with zero attached hydrogens (tertiary/aromatic N) is 3. The van der Waals surface area contributed by atoms with E-state index in [0.717, 1.165) is 11.3 Å². The highest BCUT2D eigenvalue weighted by Crippen LogP contribution is 2.41. The van der Waals surface area contributed by atoms with Crippen molar-refractivity contribution < 1.29 is 17.6 Å². The molecule has 4 aromatic rings. The Bertz CT molecular complexity index is 1580. The summed E-state index contributed by atoms with van der Waals surface area (Å²) in [5.41, 5.74) is 7.40. The van der Waals surface area contributed by atoms with Crippen LogP contribution in [0.5, 0.6) is 0 Å². The number of benzene rings is 2. The Balaban J connectivity index is 1.65. The van der Waals surface area contributed by atoms with E-state index in [1.54, 1.807) is 6.07 Å². The Kier molecular flexibility index (Phi) is 6.98. The molecular formula is C25H25FN6O3S2. The van der Waals surface area contributed by atoms with E-state index < -0.39 is 21.7 Å². The first-order chi connectivity index (χ1) is 17.3. The van der Waals surface area contributed by atoms with Crippen LogP contribution in [0, 0.1) is 5.82 Å². The number of carbonyl (C=O) groups excluding carboxylic acids is 1. The van der Waals surface area contributed by atoms with Crippen molar-refractivity contribution in [2.75, 3.05) is 22.6 Å². The lowest BCUT2D eigenvalue weighted by Crippen LogP contribution is -2.19. The number of hydrogen-bond acceptors (Lipinski definition) is 8. The maximum Gasteiger partial charge on any atom is 0.323 e. The van der Waals surface area contributed by atoms with Gasteiger partial charge in [-0.15, -0.1) is 11.3 Å². The first-order valence-electron chi connectivity index (χ1n) is 11.1. The van der Waals surface area contributed by atoms with Gasteiger partial charge in [0.1, 0.15) is 11.5 Å². The average Bonchev–Trinajstić information content (AvgIpc) is 3.26. The van der Waals surface area contributed by atoms with Gasteiger partial charge in [-0.1, -0.05) is 20.8 Å². The van der Waals surface area contributed by atoms with Crippen LogP contribution in [0.4, 0.5) is 26.5 Å². The highest BCUT2D eigenvalue weighted by Gasteiger charge is 2.25. The molecule has 12 heteroatoms. The molecule has 9 nitrogen and oxygen atoms in total. The number of nitrogens with two attached hydrogens (primary N) is 1. The van der Waals surface area contributed by atoms with Crippen molar-refractivity contribution in [1.29, 1.82) is 0 Å². The van der Waals surface area contributed by atoms with Crippen LogP contribution in [-0.4, -0.2) is 35.7 Å². The second-order valence-corrected chi connectivity index (χ2v) is 12.3. The molecule has 37 heavy (non-hydrogen) atoms. The number of carbonyl (C=O) groups is 1. The molecule has 0 aliphatic carbocycles. The highest BCUT2D eigenvalue weighted by molar-refractivity contribution is 7.90. The smallest absolute Gasteiger partial charge is 0.323 e. The summed E-state index contributed by atoms with van der Waals surface area (Å²) in [6, 6.07) is 11.1. The van der Waals surface area contributed by atoms with Crippen molar-refractivity contribution in [1.82, 2.24) is 15.0 Å². The normalized spacial score (nSPS) is 11.8. The fourth-order valence-corrected chi connectivity index (χ4v) is 5.14. The van der Waals surface area contributed by atoms with E-state index in [0.29, 0.717) is 27.6 Å². The number of hydrogen-bond donors (Lipinski definition) is 3. The van der Waals surface area contributed by atoms with E-state index in [9.17, 15) is 13.2 Å². The monoisotopic (exact) mass is 540 g/mol. The molecule has 0 unspecified atom stereocenters. The summed E-state index contributed by atoms with van der Waals surface area (Å²) < 4.78 is 38.3. The van der Waals surface area contributed by atoms with E-state index in [1.807, 2.05) is 20.8 Å². The summed E-state index contributed by atoms with van der Waals surface area (Å²) in [6.45, 7) is 6.03. The van der Waals surface area contributed by atoms with Gasteiger partial charge in [0, 0.05) is 34.8 Å². The third kappa shape index (κ3) is 6.09. The average molecular weight is 541 g/mol. The zero-order valence-electron chi connectivity index (χ0n) is 20.5. The summed E-state index contributed by atoms with van der Waals surface area (Å²) in [5, 5.41) is 6.09. The second-order valence-electron chi connectivity index (χ2n) is 9.32. The van der Waals surface area contributed by atoms with Crippen LogP contribution in [0.3, 0.4) is 0 Å². The van der Waals surface area contributed by atoms with Crippen molar-refractivity contribution in [2.24, 2.45) is 0 Å². The van der Waals surface area contributed by atoms with Crippen LogP contribution in [0.1, 0.15) is 25.8 Å². The maximum absolute atomic E-state index is 15.1. The third-order valence-electron chi connectivity index (χ3n) is 5.19. The standard InChI is InChI=1S/C25H25FN6O3S2/c1-25(2,3)22-32-20(19-11-12-28-23(27)31-19)21(36-22)17-13-15(7-10-18(17)26)30-24(33)29-14-5-8-16(9-6-14)37(4,34)35/h5-13H,1-4H3,(H2,27,28,31)(H2,29,30,33). The number of sulfone groups is 1. The van der Waals surface area contributed by atoms with Crippen LogP contribution in [0.2, 0.25) is 0 Å². The Morgan fingerprint density at radius 3 is 2.27 bits per heavy atom. The van der Waals surface area contributed by atoms with Gasteiger partial charge in [-0.05, 0) is 48.5 Å². The second kappa shape index (κ2) is 9.87. The Labute approximate surface area is 217 Å². The number of halogens is 1. The topological polar surface area (TPSA) is 140 Å². The number of anilines is 3. The fourth-order valence-electron chi connectivity index (χ4n) is 3.36. The number of rotatable bonds is 5. The lowest BCUT2D eigenvalue weighted by molar-refractivity contribution is 0.262. The van der Waals surface area contributed by atoms with Gasteiger partial charge in [0.15, 0.2) is 9.84 Å². The molecule has 0 bridgehead atoms. The SMILES string of the molecule is CC(C)(C)c1nc(-c2ccnc(N)n2)c(-c2cc(NC(=O)Nc3ccc(S(C)(=O)=O)cc3)ccc2F)s1. The van der Waals surface area contributed by atoms with Gasteiger partial charge in [-0.25, -0.2) is 32.6 Å². The minimum absolute atomic E-state index is 0.0749. The number of nitrogens with one attached hydrogen (secondary N) is 2. The number of aromatic nitrogens is 3. The minimum Gasteiger partial charge on any atom is -0.368 e. The van der Waals surface area contributed by atoms with Crippen LogP contribution in [0.25, 0.3) is 21.8 Å². The summed E-state index contributed by atoms with van der Waals surface area (Å²) in [7, 11) is -3.35. The number of urea groups is 1. The summed E-state index contributed by atoms with van der Waals surface area (Å²) in [5.74, 6) is -0.416. The molecule has 0 aliphatic rings. The predicted octanol–water partition coefficient (Wildman–Crippen LogP) is 5.33. The third-order valence-corrected chi connectivity index (χ3v) is 7.84. The molecule has 0 saturated heterocycles. The van der Waals surface area contributed by atoms with Gasteiger partial charge in [-0.2, -0.15) is 0 Å². The van der Waals surface area contributed by atoms with E-state index >= 15 is 4.39 Å². The van der Waals surface area contributed by atoms with Gasteiger partial charge in [0.05, 0.1) is 20.5 Å². The molecule has 0 fully saturated rings. The lowest BCUT2D eigenvalue weighted by Gasteiger charge is -2.13. The Hall–Kier alpha value is -3.90. The summed E-state index contributed by atoms with van der Waals surface area (Å²) in [4.78, 5) is 26.2. The maximum atomic E-state index is 15.1. The van der Waals surface area contributed by atoms with Crippen LogP contribution in [0.15, 0.2) is 59.6 Å². The van der Waals surface area contributed by atoms with Crippen molar-refractivity contribution in [2.45, 2.75) is 31.1 Å². The van der Waals surface area contributed by atoms with E-state index in [-0.39, 0.29) is 21.8 Å². The molecule has 0 atom stereocenters. The van der Waals surface area contributed by atoms with Gasteiger partial charge >= 0.3 is 6.03 Å². The molecule has 2 heterocycles. The zero-order valence-corrected chi connectivity index (χ0v) is 22.2. The van der Waals surface area contributed by atoms with Gasteiger partial charge in [-0.3, -0.25) is 0 Å². The molecular weight excluding hydrogens is 515 g/mol.